The van der Waals surface area contributed by atoms with Gasteiger partial charge in [-0.1, -0.05) is 43.3 Å². The van der Waals surface area contributed by atoms with E-state index < -0.39 is 5.97 Å². The van der Waals surface area contributed by atoms with Crippen LogP contribution in [0.5, 0.6) is 5.75 Å². The minimum Gasteiger partial charge on any atom is -0.491 e. The highest BCUT2D eigenvalue weighted by atomic mass is 16.5. The number of carbonyl (C=O) groups is 3. The molecule has 6 heteroatoms. The van der Waals surface area contributed by atoms with Gasteiger partial charge in [-0.2, -0.15) is 0 Å². The van der Waals surface area contributed by atoms with Crippen LogP contribution in [-0.4, -0.2) is 37.4 Å². The zero-order valence-corrected chi connectivity index (χ0v) is 15.1. The van der Waals surface area contributed by atoms with Gasteiger partial charge in [-0.25, -0.2) is 0 Å². The number of amides is 1. The predicted octanol–water partition coefficient (Wildman–Crippen LogP) is 2.79. The van der Waals surface area contributed by atoms with Crippen LogP contribution in [0.15, 0.2) is 48.5 Å². The number of anilines is 1. The molecule has 0 radical (unpaired) electrons. The maximum Gasteiger partial charge on any atom is 0.326 e. The Morgan fingerprint density at radius 2 is 1.85 bits per heavy atom. The van der Waals surface area contributed by atoms with Crippen molar-refractivity contribution in [2.24, 2.45) is 0 Å². The van der Waals surface area contributed by atoms with Crippen LogP contribution in [0.1, 0.15) is 29.3 Å². The number of aryl methyl sites for hydroxylation is 1. The molecule has 27 heavy (non-hydrogen) atoms. The number of Topliss-reactive ketones (excluding diaryl/α,β-unsaturated/α-hetero) is 1. The Labute approximate surface area is 157 Å². The first kappa shape index (κ1) is 18.6. The molecule has 0 atom stereocenters. The van der Waals surface area contributed by atoms with E-state index >= 15 is 0 Å². The summed E-state index contributed by atoms with van der Waals surface area (Å²) < 4.78 is 10.6. The second kappa shape index (κ2) is 8.49. The Bertz CT molecular complexity index is 844. The SMILES string of the molecule is CCc1ccc(C(=O)COC(=O)CN2C(=O)CCOc3ccccc32)cc1. The Hall–Kier alpha value is -3.15. The lowest BCUT2D eigenvalue weighted by atomic mass is 10.1. The van der Waals surface area contributed by atoms with Gasteiger partial charge >= 0.3 is 5.97 Å². The molecule has 0 aliphatic carbocycles. The molecule has 3 rings (SSSR count). The molecule has 0 saturated carbocycles. The Morgan fingerprint density at radius 3 is 2.59 bits per heavy atom. The fourth-order valence-electron chi connectivity index (χ4n) is 2.82. The van der Waals surface area contributed by atoms with Crippen molar-refractivity contribution in [1.29, 1.82) is 0 Å². The fraction of sp³-hybridized carbons (Fsp3) is 0.286. The van der Waals surface area contributed by atoms with Crippen LogP contribution in [-0.2, 0) is 20.7 Å². The third-order valence-electron chi connectivity index (χ3n) is 4.37. The molecule has 0 bridgehead atoms. The van der Waals surface area contributed by atoms with Crippen LogP contribution in [0.3, 0.4) is 0 Å². The van der Waals surface area contributed by atoms with E-state index in [-0.39, 0.29) is 37.9 Å². The van der Waals surface area contributed by atoms with Crippen LogP contribution < -0.4 is 9.64 Å². The molecule has 0 saturated heterocycles. The first-order chi connectivity index (χ1) is 13.1. The molecule has 0 N–H and O–H groups in total. The van der Waals surface area contributed by atoms with E-state index in [1.54, 1.807) is 36.4 Å². The molecule has 140 valence electrons. The second-order valence-electron chi connectivity index (χ2n) is 6.18. The van der Waals surface area contributed by atoms with Crippen molar-refractivity contribution in [2.75, 3.05) is 24.7 Å². The standard InChI is InChI=1S/C21H21NO5/c1-2-15-7-9-16(10-8-15)18(23)14-27-21(25)13-22-17-5-3-4-6-19(17)26-12-11-20(22)24/h3-10H,2,11-14H2,1H3. The maximum absolute atomic E-state index is 12.3. The predicted molar refractivity (Wildman–Crippen MR) is 100 cm³/mol. The molecule has 0 aromatic heterocycles. The van der Waals surface area contributed by atoms with Gasteiger partial charge in [-0.05, 0) is 24.1 Å². The highest BCUT2D eigenvalue weighted by Crippen LogP contribution is 2.30. The zero-order valence-electron chi connectivity index (χ0n) is 15.1. The number of fused-ring (bicyclic) bond motifs is 1. The molecular weight excluding hydrogens is 346 g/mol. The molecule has 0 fully saturated rings. The highest BCUT2D eigenvalue weighted by molar-refractivity contribution is 6.01. The zero-order chi connectivity index (χ0) is 19.2. The Morgan fingerprint density at radius 1 is 1.11 bits per heavy atom. The van der Waals surface area contributed by atoms with E-state index in [1.807, 2.05) is 19.1 Å². The molecule has 1 heterocycles. The summed E-state index contributed by atoms with van der Waals surface area (Å²) in [5.41, 5.74) is 2.15. The summed E-state index contributed by atoms with van der Waals surface area (Å²) in [4.78, 5) is 38.0. The van der Waals surface area contributed by atoms with Crippen LogP contribution in [0.25, 0.3) is 0 Å². The van der Waals surface area contributed by atoms with Gasteiger partial charge in [-0.3, -0.25) is 19.3 Å². The van der Waals surface area contributed by atoms with Crippen LogP contribution in [0.2, 0.25) is 0 Å². The molecule has 1 aliphatic heterocycles. The normalized spacial score (nSPS) is 13.4. The van der Waals surface area contributed by atoms with Gasteiger partial charge in [0.15, 0.2) is 12.4 Å². The largest absolute Gasteiger partial charge is 0.491 e. The van der Waals surface area contributed by atoms with Crippen LogP contribution in [0.4, 0.5) is 5.69 Å². The van der Waals surface area contributed by atoms with Crippen LogP contribution >= 0.6 is 0 Å². The minimum atomic E-state index is -0.640. The number of carbonyl (C=O) groups excluding carboxylic acids is 3. The summed E-state index contributed by atoms with van der Waals surface area (Å²) >= 11 is 0. The summed E-state index contributed by atoms with van der Waals surface area (Å²) in [6.45, 7) is 1.67. The molecule has 1 amide bonds. The quantitative estimate of drug-likeness (QED) is 0.580. The van der Waals surface area contributed by atoms with Crippen molar-refractivity contribution in [3.05, 3.63) is 59.7 Å². The Balaban J connectivity index is 1.61. The van der Waals surface area contributed by atoms with Crippen molar-refractivity contribution in [1.82, 2.24) is 0 Å². The highest BCUT2D eigenvalue weighted by Gasteiger charge is 2.25. The first-order valence-corrected chi connectivity index (χ1v) is 8.88. The number of para-hydroxylation sites is 2. The van der Waals surface area contributed by atoms with Gasteiger partial charge in [0.05, 0.1) is 18.7 Å². The summed E-state index contributed by atoms with van der Waals surface area (Å²) in [5.74, 6) is -0.600. The third kappa shape index (κ3) is 4.53. The molecule has 0 unspecified atom stereocenters. The van der Waals surface area contributed by atoms with Gasteiger partial charge < -0.3 is 9.47 Å². The average molecular weight is 367 g/mol. The molecule has 2 aromatic carbocycles. The van der Waals surface area contributed by atoms with Crippen molar-refractivity contribution >= 4 is 23.3 Å². The minimum absolute atomic E-state index is 0.171. The number of rotatable bonds is 6. The summed E-state index contributed by atoms with van der Waals surface area (Å²) in [6, 6.07) is 14.2. The number of hydrogen-bond acceptors (Lipinski definition) is 5. The number of hydrogen-bond donors (Lipinski definition) is 0. The molecular formula is C21H21NO5. The second-order valence-corrected chi connectivity index (χ2v) is 6.18. The van der Waals surface area contributed by atoms with Crippen molar-refractivity contribution < 1.29 is 23.9 Å². The number of ketones is 1. The maximum atomic E-state index is 12.3. The first-order valence-electron chi connectivity index (χ1n) is 8.88. The molecule has 0 spiro atoms. The van der Waals surface area contributed by atoms with E-state index in [0.717, 1.165) is 12.0 Å². The number of esters is 1. The van der Waals surface area contributed by atoms with Crippen molar-refractivity contribution in [2.45, 2.75) is 19.8 Å². The Kier molecular flexibility index (Phi) is 5.86. The van der Waals surface area contributed by atoms with Gasteiger partial charge in [0.2, 0.25) is 5.91 Å². The van der Waals surface area contributed by atoms with E-state index in [9.17, 15) is 14.4 Å². The van der Waals surface area contributed by atoms with E-state index in [0.29, 0.717) is 17.0 Å². The lowest BCUT2D eigenvalue weighted by Gasteiger charge is -2.20. The van der Waals surface area contributed by atoms with Crippen molar-refractivity contribution in [3.8, 4) is 5.75 Å². The van der Waals surface area contributed by atoms with Crippen LogP contribution in [0, 0.1) is 0 Å². The van der Waals surface area contributed by atoms with E-state index in [2.05, 4.69) is 0 Å². The number of nitrogens with zero attached hydrogens (tertiary/aromatic N) is 1. The molecule has 6 nitrogen and oxygen atoms in total. The van der Waals surface area contributed by atoms with Gasteiger partial charge in [0.1, 0.15) is 12.3 Å². The molecule has 2 aromatic rings. The summed E-state index contributed by atoms with van der Waals surface area (Å²) in [6.07, 6.45) is 1.06. The lowest BCUT2D eigenvalue weighted by Crippen LogP contribution is -2.36. The summed E-state index contributed by atoms with van der Waals surface area (Å²) in [7, 11) is 0. The van der Waals surface area contributed by atoms with Gasteiger partial charge in [0.25, 0.3) is 0 Å². The number of ether oxygens (including phenoxy) is 2. The smallest absolute Gasteiger partial charge is 0.326 e. The molecule has 1 aliphatic rings. The van der Waals surface area contributed by atoms with Gasteiger partial charge in [-0.15, -0.1) is 0 Å². The van der Waals surface area contributed by atoms with E-state index in [4.69, 9.17) is 9.47 Å². The summed E-state index contributed by atoms with van der Waals surface area (Å²) in [5, 5.41) is 0. The fourth-order valence-corrected chi connectivity index (χ4v) is 2.82. The third-order valence-corrected chi connectivity index (χ3v) is 4.37. The van der Waals surface area contributed by atoms with E-state index in [1.165, 1.54) is 4.90 Å². The number of benzene rings is 2. The van der Waals surface area contributed by atoms with Crippen molar-refractivity contribution in [3.63, 3.8) is 0 Å². The lowest BCUT2D eigenvalue weighted by molar-refractivity contribution is -0.141. The van der Waals surface area contributed by atoms with Gasteiger partial charge in [0, 0.05) is 5.56 Å². The topological polar surface area (TPSA) is 72.9 Å². The monoisotopic (exact) mass is 367 g/mol. The average Bonchev–Trinajstić information content (AvgIpc) is 2.85.